The summed E-state index contributed by atoms with van der Waals surface area (Å²) >= 11 is 0. The Bertz CT molecular complexity index is 450. The summed E-state index contributed by atoms with van der Waals surface area (Å²) in [6, 6.07) is 5.80. The van der Waals surface area contributed by atoms with E-state index in [0.29, 0.717) is 12.3 Å². The van der Waals surface area contributed by atoms with E-state index in [1.807, 2.05) is 32.0 Å². The quantitative estimate of drug-likeness (QED) is 0.809. The Kier molecular flexibility index (Phi) is 5.60. The van der Waals surface area contributed by atoms with Gasteiger partial charge in [-0.25, -0.2) is 0 Å². The van der Waals surface area contributed by atoms with Crippen LogP contribution in [0.5, 0.6) is 5.75 Å². The number of rotatable bonds is 6. The zero-order valence-electron chi connectivity index (χ0n) is 12.6. The molecule has 1 fully saturated rings. The third-order valence-electron chi connectivity index (χ3n) is 3.99. The van der Waals surface area contributed by atoms with Crippen molar-refractivity contribution in [3.05, 3.63) is 29.3 Å². The first-order chi connectivity index (χ1) is 9.72. The highest BCUT2D eigenvalue weighted by atomic mass is 16.5. The van der Waals surface area contributed by atoms with Crippen molar-refractivity contribution in [1.82, 2.24) is 5.32 Å². The van der Waals surface area contributed by atoms with Gasteiger partial charge in [-0.1, -0.05) is 19.1 Å². The van der Waals surface area contributed by atoms with Gasteiger partial charge in [0, 0.05) is 17.5 Å². The van der Waals surface area contributed by atoms with Gasteiger partial charge in [0.15, 0.2) is 5.78 Å². The molecular formula is C17H25NO2. The summed E-state index contributed by atoms with van der Waals surface area (Å²) < 4.78 is 5.97. The van der Waals surface area contributed by atoms with Crippen molar-refractivity contribution in [3.8, 4) is 5.75 Å². The van der Waals surface area contributed by atoms with Crippen LogP contribution in [0.3, 0.4) is 0 Å². The van der Waals surface area contributed by atoms with E-state index >= 15 is 0 Å². The van der Waals surface area contributed by atoms with Gasteiger partial charge in [-0.05, 0) is 51.3 Å². The van der Waals surface area contributed by atoms with E-state index in [1.54, 1.807) is 0 Å². The lowest BCUT2D eigenvalue weighted by atomic mass is 9.99. The fraction of sp³-hybridized carbons (Fsp3) is 0.588. The zero-order valence-corrected chi connectivity index (χ0v) is 12.6. The van der Waals surface area contributed by atoms with Gasteiger partial charge in [0.1, 0.15) is 5.75 Å². The molecule has 20 heavy (non-hydrogen) atoms. The summed E-state index contributed by atoms with van der Waals surface area (Å²) in [5.41, 5.74) is 1.80. The number of ketones is 1. The molecule has 1 N–H and O–H groups in total. The molecule has 2 rings (SSSR count). The molecule has 0 atom stereocenters. The summed E-state index contributed by atoms with van der Waals surface area (Å²) in [6.07, 6.45) is 3.85. The molecule has 0 amide bonds. The molecular weight excluding hydrogens is 250 g/mol. The number of ether oxygens (including phenoxy) is 1. The summed E-state index contributed by atoms with van der Waals surface area (Å²) in [7, 11) is 0. The number of carbonyl (C=O) groups excluding carboxylic acids is 1. The van der Waals surface area contributed by atoms with Crippen molar-refractivity contribution >= 4 is 5.78 Å². The van der Waals surface area contributed by atoms with Crippen LogP contribution < -0.4 is 10.1 Å². The van der Waals surface area contributed by atoms with Crippen LogP contribution >= 0.6 is 0 Å². The molecule has 1 saturated heterocycles. The SMILES string of the molecule is CCCC(=O)c1cccc(OCC2CCNCC2)c1C. The average molecular weight is 275 g/mol. The number of nitrogens with one attached hydrogen (secondary N) is 1. The minimum absolute atomic E-state index is 0.220. The van der Waals surface area contributed by atoms with Gasteiger partial charge >= 0.3 is 0 Å². The van der Waals surface area contributed by atoms with E-state index in [9.17, 15) is 4.79 Å². The van der Waals surface area contributed by atoms with Crippen molar-refractivity contribution in [3.63, 3.8) is 0 Å². The third kappa shape index (κ3) is 3.83. The lowest BCUT2D eigenvalue weighted by Gasteiger charge is -2.23. The minimum atomic E-state index is 0.220. The Balaban J connectivity index is 2.00. The van der Waals surface area contributed by atoms with Crippen LogP contribution in [0.1, 0.15) is 48.5 Å². The maximum Gasteiger partial charge on any atom is 0.163 e. The highest BCUT2D eigenvalue weighted by Crippen LogP contribution is 2.24. The Morgan fingerprint density at radius 2 is 2.10 bits per heavy atom. The first kappa shape index (κ1) is 15.0. The van der Waals surface area contributed by atoms with Crippen molar-refractivity contribution < 1.29 is 9.53 Å². The lowest BCUT2D eigenvalue weighted by Crippen LogP contribution is -2.30. The molecule has 0 aliphatic carbocycles. The maximum atomic E-state index is 12.1. The second-order valence-electron chi connectivity index (χ2n) is 5.61. The van der Waals surface area contributed by atoms with Crippen molar-refractivity contribution in [2.45, 2.75) is 39.5 Å². The summed E-state index contributed by atoms with van der Waals surface area (Å²) in [4.78, 5) is 12.1. The smallest absolute Gasteiger partial charge is 0.163 e. The highest BCUT2D eigenvalue weighted by Gasteiger charge is 2.16. The van der Waals surface area contributed by atoms with Crippen molar-refractivity contribution in [2.24, 2.45) is 5.92 Å². The molecule has 1 aliphatic rings. The molecule has 3 heteroatoms. The number of piperidine rings is 1. The summed E-state index contributed by atoms with van der Waals surface area (Å²) in [5, 5.41) is 3.36. The number of benzene rings is 1. The van der Waals surface area contributed by atoms with Gasteiger partial charge < -0.3 is 10.1 Å². The second kappa shape index (κ2) is 7.44. The fourth-order valence-corrected chi connectivity index (χ4v) is 2.69. The molecule has 0 aromatic heterocycles. The van der Waals surface area contributed by atoms with Crippen molar-refractivity contribution in [1.29, 1.82) is 0 Å². The minimum Gasteiger partial charge on any atom is -0.493 e. The van der Waals surface area contributed by atoms with Crippen LogP contribution in [0.4, 0.5) is 0 Å². The number of hydrogen-bond donors (Lipinski definition) is 1. The molecule has 0 saturated carbocycles. The third-order valence-corrected chi connectivity index (χ3v) is 3.99. The molecule has 0 radical (unpaired) electrons. The monoisotopic (exact) mass is 275 g/mol. The molecule has 3 nitrogen and oxygen atoms in total. The van der Waals surface area contributed by atoms with E-state index in [4.69, 9.17) is 4.74 Å². The molecule has 0 spiro atoms. The first-order valence-electron chi connectivity index (χ1n) is 7.68. The van der Waals surface area contributed by atoms with Crippen LogP contribution in [0.25, 0.3) is 0 Å². The van der Waals surface area contributed by atoms with Crippen LogP contribution in [-0.2, 0) is 0 Å². The van der Waals surface area contributed by atoms with E-state index in [1.165, 1.54) is 12.8 Å². The van der Waals surface area contributed by atoms with Gasteiger partial charge in [-0.2, -0.15) is 0 Å². The Hall–Kier alpha value is -1.35. The fourth-order valence-electron chi connectivity index (χ4n) is 2.69. The molecule has 110 valence electrons. The van der Waals surface area contributed by atoms with Crippen LogP contribution in [0.15, 0.2) is 18.2 Å². The topological polar surface area (TPSA) is 38.3 Å². The van der Waals surface area contributed by atoms with Crippen LogP contribution in [0.2, 0.25) is 0 Å². The van der Waals surface area contributed by atoms with Crippen LogP contribution in [-0.4, -0.2) is 25.5 Å². The van der Waals surface area contributed by atoms with E-state index in [0.717, 1.165) is 43.0 Å². The van der Waals surface area contributed by atoms with Gasteiger partial charge in [-0.15, -0.1) is 0 Å². The molecule has 0 unspecified atom stereocenters. The summed E-state index contributed by atoms with van der Waals surface area (Å²) in [6.45, 7) is 6.95. The van der Waals surface area contributed by atoms with Gasteiger partial charge in [0.25, 0.3) is 0 Å². The van der Waals surface area contributed by atoms with E-state index in [-0.39, 0.29) is 5.78 Å². The predicted octanol–water partition coefficient (Wildman–Crippen LogP) is 3.36. The normalized spacial score (nSPS) is 16.1. The van der Waals surface area contributed by atoms with Gasteiger partial charge in [0.2, 0.25) is 0 Å². The molecule has 1 aromatic rings. The highest BCUT2D eigenvalue weighted by molar-refractivity contribution is 5.97. The molecule has 1 aromatic carbocycles. The standard InChI is InChI=1S/C17H25NO2/c1-3-5-16(19)15-6-4-7-17(13(15)2)20-12-14-8-10-18-11-9-14/h4,6-7,14,18H,3,5,8-12H2,1-2H3. The average Bonchev–Trinajstić information content (AvgIpc) is 2.47. The van der Waals surface area contributed by atoms with E-state index in [2.05, 4.69) is 5.32 Å². The molecule has 1 heterocycles. The maximum absolute atomic E-state index is 12.1. The largest absolute Gasteiger partial charge is 0.493 e. The van der Waals surface area contributed by atoms with E-state index < -0.39 is 0 Å². The zero-order chi connectivity index (χ0) is 14.4. The summed E-state index contributed by atoms with van der Waals surface area (Å²) in [5.74, 6) is 1.72. The van der Waals surface area contributed by atoms with Crippen LogP contribution in [0, 0.1) is 12.8 Å². The molecule has 0 bridgehead atoms. The number of carbonyl (C=O) groups is 1. The Morgan fingerprint density at radius 1 is 1.35 bits per heavy atom. The van der Waals surface area contributed by atoms with Crippen molar-refractivity contribution in [2.75, 3.05) is 19.7 Å². The first-order valence-corrected chi connectivity index (χ1v) is 7.68. The number of Topliss-reactive ketones (excluding diaryl/α,β-unsaturated/α-hetero) is 1. The number of hydrogen-bond acceptors (Lipinski definition) is 3. The van der Waals surface area contributed by atoms with Gasteiger partial charge in [0.05, 0.1) is 6.61 Å². The Morgan fingerprint density at radius 3 is 2.80 bits per heavy atom. The lowest BCUT2D eigenvalue weighted by molar-refractivity contribution is 0.0980. The Labute approximate surface area is 121 Å². The molecule has 1 aliphatic heterocycles. The second-order valence-corrected chi connectivity index (χ2v) is 5.61. The van der Waals surface area contributed by atoms with Gasteiger partial charge in [-0.3, -0.25) is 4.79 Å². The predicted molar refractivity (Wildman–Crippen MR) is 81.5 cm³/mol.